The Bertz CT molecular complexity index is 155. The van der Waals surface area contributed by atoms with Gasteiger partial charge < -0.3 is 0 Å². The molecule has 11 heavy (non-hydrogen) atoms. The van der Waals surface area contributed by atoms with Gasteiger partial charge in [-0.25, -0.2) is 0 Å². The second-order valence-electron chi connectivity index (χ2n) is 2.36. The van der Waals surface area contributed by atoms with Gasteiger partial charge in [-0.2, -0.15) is 0 Å². The fourth-order valence-corrected chi connectivity index (χ4v) is 0.761. The van der Waals surface area contributed by atoms with Crippen molar-refractivity contribution in [3.8, 4) is 12.3 Å². The Balaban J connectivity index is 3.11. The number of hydrogen-bond donors (Lipinski definition) is 0. The van der Waals surface area contributed by atoms with Crippen molar-refractivity contribution in [2.24, 2.45) is 0 Å². The van der Waals surface area contributed by atoms with Crippen molar-refractivity contribution < 1.29 is 0 Å². The smallest absolute Gasteiger partial charge is 0.0121 e. The van der Waals surface area contributed by atoms with Crippen molar-refractivity contribution in [1.29, 1.82) is 0 Å². The van der Waals surface area contributed by atoms with E-state index in [4.69, 9.17) is 6.42 Å². The van der Waals surface area contributed by atoms with Crippen LogP contribution in [-0.4, -0.2) is 0 Å². The van der Waals surface area contributed by atoms with Crippen molar-refractivity contribution in [3.63, 3.8) is 0 Å². The predicted octanol–water partition coefficient (Wildman–Crippen LogP) is 3.31. The molecule has 0 amide bonds. The van der Waals surface area contributed by atoms with Crippen molar-refractivity contribution in [3.05, 3.63) is 24.3 Å². The first-order valence-corrected chi connectivity index (χ1v) is 4.11. The maximum absolute atomic E-state index is 5.10. The second-order valence-corrected chi connectivity index (χ2v) is 2.36. The molecule has 0 aliphatic rings. The minimum atomic E-state index is 0.861. The van der Waals surface area contributed by atoms with E-state index < -0.39 is 0 Å². The fourth-order valence-electron chi connectivity index (χ4n) is 0.761. The Morgan fingerprint density at radius 2 is 1.73 bits per heavy atom. The zero-order valence-corrected chi connectivity index (χ0v) is 7.22. The van der Waals surface area contributed by atoms with Crippen LogP contribution in [0.4, 0.5) is 0 Å². The average molecular weight is 148 g/mol. The molecule has 0 spiro atoms. The number of allylic oxidation sites excluding steroid dienone is 4. The Morgan fingerprint density at radius 3 is 2.36 bits per heavy atom. The molecule has 60 valence electrons. The van der Waals surface area contributed by atoms with Crippen LogP contribution in [-0.2, 0) is 0 Å². The maximum atomic E-state index is 5.10. The summed E-state index contributed by atoms with van der Waals surface area (Å²) in [6.45, 7) is 2.04. The lowest BCUT2D eigenvalue weighted by Crippen LogP contribution is -1.66. The van der Waals surface area contributed by atoms with Crippen molar-refractivity contribution in [2.45, 2.75) is 32.6 Å². The van der Waals surface area contributed by atoms with E-state index in [9.17, 15) is 0 Å². The molecule has 0 aliphatic carbocycles. The number of hydrogen-bond acceptors (Lipinski definition) is 0. The Kier molecular flexibility index (Phi) is 8.25. The molecular weight excluding hydrogens is 132 g/mol. The minimum absolute atomic E-state index is 0.861. The van der Waals surface area contributed by atoms with Gasteiger partial charge in [0, 0.05) is 6.42 Å². The molecule has 0 aromatic heterocycles. The van der Waals surface area contributed by atoms with E-state index in [0.29, 0.717) is 0 Å². The molecule has 0 radical (unpaired) electrons. The van der Waals surface area contributed by atoms with Crippen LogP contribution < -0.4 is 0 Å². The highest BCUT2D eigenvalue weighted by atomic mass is 13.8. The summed E-state index contributed by atoms with van der Waals surface area (Å²) in [5.74, 6) is 2.60. The highest BCUT2D eigenvalue weighted by molar-refractivity contribution is 4.91. The highest BCUT2D eigenvalue weighted by Crippen LogP contribution is 1.95. The summed E-state index contributed by atoms with van der Waals surface area (Å²) >= 11 is 0. The first-order chi connectivity index (χ1) is 5.41. The summed E-state index contributed by atoms with van der Waals surface area (Å²) in [6, 6.07) is 0. The van der Waals surface area contributed by atoms with Crippen LogP contribution in [0, 0.1) is 12.3 Å². The third-order valence-electron chi connectivity index (χ3n) is 1.36. The first-order valence-electron chi connectivity index (χ1n) is 4.11. The maximum Gasteiger partial charge on any atom is 0.0121 e. The standard InChI is InChI=1S/C11H16/c1-3-5-7-9-11-10-8-6-4-2/h1,4,6,9,11H,5,7-8,10H2,2H3. The van der Waals surface area contributed by atoms with E-state index in [1.54, 1.807) is 0 Å². The van der Waals surface area contributed by atoms with Crippen molar-refractivity contribution in [2.75, 3.05) is 0 Å². The van der Waals surface area contributed by atoms with E-state index in [0.717, 1.165) is 25.7 Å². The van der Waals surface area contributed by atoms with Gasteiger partial charge in [-0.1, -0.05) is 24.3 Å². The van der Waals surface area contributed by atoms with E-state index >= 15 is 0 Å². The quantitative estimate of drug-likeness (QED) is 0.319. The predicted molar refractivity (Wildman–Crippen MR) is 51.3 cm³/mol. The normalized spacial score (nSPS) is 10.9. The molecule has 0 heterocycles. The van der Waals surface area contributed by atoms with Gasteiger partial charge in [0.05, 0.1) is 0 Å². The zero-order valence-electron chi connectivity index (χ0n) is 7.22. The third-order valence-corrected chi connectivity index (χ3v) is 1.36. The van der Waals surface area contributed by atoms with Crippen LogP contribution in [0.15, 0.2) is 24.3 Å². The van der Waals surface area contributed by atoms with Gasteiger partial charge >= 0.3 is 0 Å². The molecule has 0 aromatic carbocycles. The van der Waals surface area contributed by atoms with Crippen molar-refractivity contribution in [1.82, 2.24) is 0 Å². The van der Waals surface area contributed by atoms with E-state index in [2.05, 4.69) is 30.2 Å². The lowest BCUT2D eigenvalue weighted by molar-refractivity contribution is 1.02. The first kappa shape index (κ1) is 10.0. The molecule has 0 aromatic rings. The molecule has 0 saturated heterocycles. The van der Waals surface area contributed by atoms with Crippen molar-refractivity contribution >= 4 is 0 Å². The Hall–Kier alpha value is -0.960. The summed E-state index contributed by atoms with van der Waals surface area (Å²) < 4.78 is 0. The van der Waals surface area contributed by atoms with Gasteiger partial charge in [0.2, 0.25) is 0 Å². The summed E-state index contributed by atoms with van der Waals surface area (Å²) in [5, 5.41) is 0. The molecule has 0 heteroatoms. The Morgan fingerprint density at radius 1 is 1.09 bits per heavy atom. The van der Waals surface area contributed by atoms with Gasteiger partial charge in [0.1, 0.15) is 0 Å². The molecule has 0 saturated carbocycles. The van der Waals surface area contributed by atoms with Crippen LogP contribution in [0.3, 0.4) is 0 Å². The Labute approximate surface area is 70.0 Å². The molecular formula is C11H16. The van der Waals surface area contributed by atoms with E-state index in [1.165, 1.54) is 0 Å². The lowest BCUT2D eigenvalue weighted by atomic mass is 10.2. The van der Waals surface area contributed by atoms with Crippen LogP contribution in [0.1, 0.15) is 32.6 Å². The summed E-state index contributed by atoms with van der Waals surface area (Å²) in [6.07, 6.45) is 17.9. The van der Waals surface area contributed by atoms with Crippen LogP contribution in [0.5, 0.6) is 0 Å². The van der Waals surface area contributed by atoms with E-state index in [-0.39, 0.29) is 0 Å². The molecule has 0 atom stereocenters. The molecule has 0 N–H and O–H groups in total. The average Bonchev–Trinajstić information content (AvgIpc) is 2.03. The lowest BCUT2D eigenvalue weighted by Gasteiger charge is -1.85. The third kappa shape index (κ3) is 9.04. The molecule has 0 fully saturated rings. The zero-order chi connectivity index (χ0) is 8.36. The molecule has 0 aliphatic heterocycles. The SMILES string of the molecule is C#CCCC=CCCC=CC. The fraction of sp³-hybridized carbons (Fsp3) is 0.455. The molecule has 0 bridgehead atoms. The largest absolute Gasteiger partial charge is 0.120 e. The number of terminal acetylenes is 1. The highest BCUT2D eigenvalue weighted by Gasteiger charge is 1.76. The number of rotatable bonds is 5. The van der Waals surface area contributed by atoms with Crippen LogP contribution >= 0.6 is 0 Å². The monoisotopic (exact) mass is 148 g/mol. The van der Waals surface area contributed by atoms with Gasteiger partial charge in [-0.3, -0.25) is 0 Å². The molecule has 0 rings (SSSR count). The molecule has 0 unspecified atom stereocenters. The molecule has 0 nitrogen and oxygen atoms in total. The van der Waals surface area contributed by atoms with Gasteiger partial charge in [0.15, 0.2) is 0 Å². The van der Waals surface area contributed by atoms with E-state index in [1.807, 2.05) is 6.92 Å². The second kappa shape index (κ2) is 9.04. The minimum Gasteiger partial charge on any atom is -0.120 e. The summed E-state index contributed by atoms with van der Waals surface area (Å²) in [5.41, 5.74) is 0. The van der Waals surface area contributed by atoms with Crippen LogP contribution in [0.2, 0.25) is 0 Å². The van der Waals surface area contributed by atoms with Crippen LogP contribution in [0.25, 0.3) is 0 Å². The summed E-state index contributed by atoms with van der Waals surface area (Å²) in [4.78, 5) is 0. The van der Waals surface area contributed by atoms with Gasteiger partial charge in [-0.15, -0.1) is 12.3 Å². The topological polar surface area (TPSA) is 0 Å². The van der Waals surface area contributed by atoms with Gasteiger partial charge in [0.25, 0.3) is 0 Å². The summed E-state index contributed by atoms with van der Waals surface area (Å²) in [7, 11) is 0. The van der Waals surface area contributed by atoms with Gasteiger partial charge in [-0.05, 0) is 26.2 Å². The number of unbranched alkanes of at least 4 members (excludes halogenated alkanes) is 2.